The normalized spacial score (nSPS) is 13.3. The summed E-state index contributed by atoms with van der Waals surface area (Å²) >= 11 is 1.10. The predicted octanol–water partition coefficient (Wildman–Crippen LogP) is 4.77. The van der Waals surface area contributed by atoms with E-state index in [0.717, 1.165) is 30.0 Å². The van der Waals surface area contributed by atoms with Crippen LogP contribution in [0.25, 0.3) is 10.9 Å². The molecule has 29 heavy (non-hydrogen) atoms. The van der Waals surface area contributed by atoms with E-state index in [1.807, 2.05) is 13.8 Å². The number of fused-ring (bicyclic) bond motifs is 1. The van der Waals surface area contributed by atoms with Crippen molar-refractivity contribution in [3.05, 3.63) is 64.5 Å². The van der Waals surface area contributed by atoms with Gasteiger partial charge in [-0.1, -0.05) is 30.8 Å². The van der Waals surface area contributed by atoms with Crippen LogP contribution < -0.4 is 10.9 Å². The van der Waals surface area contributed by atoms with Gasteiger partial charge >= 0.3 is 0 Å². The van der Waals surface area contributed by atoms with Crippen molar-refractivity contribution in [2.75, 3.05) is 5.32 Å². The van der Waals surface area contributed by atoms with Crippen LogP contribution >= 0.6 is 11.8 Å². The highest BCUT2D eigenvalue weighted by molar-refractivity contribution is 8.00. The Hall–Kier alpha value is -2.74. The summed E-state index contributed by atoms with van der Waals surface area (Å²) in [5.41, 5.74) is 0.146. The van der Waals surface area contributed by atoms with Crippen molar-refractivity contribution < 1.29 is 13.6 Å². The minimum atomic E-state index is -0.725. The monoisotopic (exact) mass is 417 g/mol. The van der Waals surface area contributed by atoms with Crippen LogP contribution in [0.4, 0.5) is 14.5 Å². The molecule has 1 aromatic heterocycles. The summed E-state index contributed by atoms with van der Waals surface area (Å²) in [5, 5.41) is 2.62. The fourth-order valence-electron chi connectivity index (χ4n) is 2.82. The van der Waals surface area contributed by atoms with Gasteiger partial charge in [0, 0.05) is 12.1 Å². The second-order valence-electron chi connectivity index (χ2n) is 6.72. The Balaban J connectivity index is 1.93. The number of thioether (sulfide) groups is 1. The molecule has 0 aliphatic heterocycles. The molecule has 5 nitrogen and oxygen atoms in total. The average Bonchev–Trinajstić information content (AvgIpc) is 2.70. The highest BCUT2D eigenvalue weighted by atomic mass is 32.2. The lowest BCUT2D eigenvalue weighted by Gasteiger charge is -2.20. The maximum absolute atomic E-state index is 13.8. The number of rotatable bonds is 6. The smallest absolute Gasteiger partial charge is 0.262 e. The van der Waals surface area contributed by atoms with E-state index in [0.29, 0.717) is 22.5 Å². The van der Waals surface area contributed by atoms with Crippen LogP contribution in [0, 0.1) is 11.6 Å². The number of hydrogen-bond donors (Lipinski definition) is 1. The molecular formula is C21H21F2N3O2S. The van der Waals surface area contributed by atoms with Crippen molar-refractivity contribution in [3.8, 4) is 0 Å². The van der Waals surface area contributed by atoms with Crippen molar-refractivity contribution >= 4 is 34.3 Å². The molecule has 1 heterocycles. The largest absolute Gasteiger partial charge is 0.323 e. The number of nitrogens with zero attached hydrogens (tertiary/aromatic N) is 2. The number of para-hydroxylation sites is 1. The quantitative estimate of drug-likeness (QED) is 0.464. The number of anilines is 1. The SMILES string of the molecule is CC[C@@H](C)n1c(S[C@H](C)C(=O)Nc2cc(F)ccc2F)nc2ccccc2c1=O. The number of benzene rings is 2. The average molecular weight is 417 g/mol. The van der Waals surface area contributed by atoms with Crippen molar-refractivity contribution in [1.29, 1.82) is 0 Å². The first kappa shape index (κ1) is 21.0. The molecule has 1 N–H and O–H groups in total. The van der Waals surface area contributed by atoms with E-state index in [2.05, 4.69) is 10.3 Å². The van der Waals surface area contributed by atoms with E-state index < -0.39 is 22.8 Å². The van der Waals surface area contributed by atoms with Gasteiger partial charge in [0.05, 0.1) is 21.8 Å². The van der Waals surface area contributed by atoms with Crippen LogP contribution in [0.5, 0.6) is 0 Å². The second kappa shape index (κ2) is 8.73. The summed E-state index contributed by atoms with van der Waals surface area (Å²) in [7, 11) is 0. The predicted molar refractivity (Wildman–Crippen MR) is 111 cm³/mol. The molecule has 1 amide bonds. The fraction of sp³-hybridized carbons (Fsp3) is 0.286. The number of carbonyl (C=O) groups is 1. The van der Waals surface area contributed by atoms with E-state index in [-0.39, 0.29) is 17.3 Å². The van der Waals surface area contributed by atoms with Gasteiger partial charge in [0.2, 0.25) is 5.91 Å². The molecule has 0 fully saturated rings. The summed E-state index contributed by atoms with van der Waals surface area (Å²) in [6.07, 6.45) is 0.711. The van der Waals surface area contributed by atoms with E-state index in [1.54, 1.807) is 35.8 Å². The van der Waals surface area contributed by atoms with Crippen LogP contribution in [-0.4, -0.2) is 20.7 Å². The van der Waals surface area contributed by atoms with E-state index >= 15 is 0 Å². The third kappa shape index (κ3) is 4.48. The van der Waals surface area contributed by atoms with Gasteiger partial charge in [0.25, 0.3) is 5.56 Å². The molecule has 0 unspecified atom stereocenters. The van der Waals surface area contributed by atoms with Crippen molar-refractivity contribution in [1.82, 2.24) is 9.55 Å². The van der Waals surface area contributed by atoms with Crippen LogP contribution in [0.1, 0.15) is 33.2 Å². The van der Waals surface area contributed by atoms with Crippen LogP contribution in [0.3, 0.4) is 0 Å². The van der Waals surface area contributed by atoms with Gasteiger partial charge in [0.15, 0.2) is 5.16 Å². The maximum Gasteiger partial charge on any atom is 0.262 e. The van der Waals surface area contributed by atoms with Crippen LogP contribution in [-0.2, 0) is 4.79 Å². The summed E-state index contributed by atoms with van der Waals surface area (Å²) in [5.74, 6) is -1.89. The molecule has 0 bridgehead atoms. The zero-order valence-electron chi connectivity index (χ0n) is 16.3. The number of aromatic nitrogens is 2. The first-order chi connectivity index (χ1) is 13.8. The number of carbonyl (C=O) groups excluding carboxylic acids is 1. The van der Waals surface area contributed by atoms with E-state index in [1.165, 1.54) is 0 Å². The third-order valence-corrected chi connectivity index (χ3v) is 5.71. The Morgan fingerprint density at radius 1 is 1.21 bits per heavy atom. The Bertz CT molecular complexity index is 1120. The maximum atomic E-state index is 13.8. The number of amides is 1. The second-order valence-corrected chi connectivity index (χ2v) is 8.03. The van der Waals surface area contributed by atoms with E-state index in [4.69, 9.17) is 0 Å². The molecule has 0 aliphatic carbocycles. The van der Waals surface area contributed by atoms with Gasteiger partial charge < -0.3 is 5.32 Å². The zero-order chi connectivity index (χ0) is 21.1. The topological polar surface area (TPSA) is 64.0 Å². The van der Waals surface area contributed by atoms with Gasteiger partial charge in [-0.25, -0.2) is 13.8 Å². The lowest BCUT2D eigenvalue weighted by atomic mass is 10.2. The summed E-state index contributed by atoms with van der Waals surface area (Å²) in [6, 6.07) is 9.78. The Labute approximate surface area is 171 Å². The molecule has 152 valence electrons. The van der Waals surface area contributed by atoms with Gasteiger partial charge in [-0.2, -0.15) is 0 Å². The molecule has 2 atom stereocenters. The molecule has 0 aliphatic rings. The molecule has 3 rings (SSSR count). The van der Waals surface area contributed by atoms with Crippen LogP contribution in [0.2, 0.25) is 0 Å². The summed E-state index contributed by atoms with van der Waals surface area (Å²) in [4.78, 5) is 30.1. The standard InChI is InChI=1S/C21H21F2N3O2S/c1-4-12(2)26-20(28)15-7-5-6-8-17(15)25-21(26)29-13(3)19(27)24-18-11-14(22)9-10-16(18)23/h5-13H,4H2,1-3H3,(H,24,27)/t12-,13-/m1/s1. The minimum absolute atomic E-state index is 0.113. The molecule has 0 radical (unpaired) electrons. The van der Waals surface area contributed by atoms with Gasteiger partial charge in [-0.3, -0.25) is 14.2 Å². The first-order valence-electron chi connectivity index (χ1n) is 9.25. The highest BCUT2D eigenvalue weighted by Crippen LogP contribution is 2.27. The highest BCUT2D eigenvalue weighted by Gasteiger charge is 2.22. The lowest BCUT2D eigenvalue weighted by molar-refractivity contribution is -0.115. The van der Waals surface area contributed by atoms with Crippen molar-refractivity contribution in [2.45, 2.75) is 43.6 Å². The molecule has 0 saturated carbocycles. The Kier molecular flexibility index (Phi) is 6.32. The zero-order valence-corrected chi connectivity index (χ0v) is 17.1. The Morgan fingerprint density at radius 2 is 1.93 bits per heavy atom. The minimum Gasteiger partial charge on any atom is -0.323 e. The van der Waals surface area contributed by atoms with Crippen LogP contribution in [0.15, 0.2) is 52.4 Å². The molecule has 2 aromatic carbocycles. The van der Waals surface area contributed by atoms with E-state index in [9.17, 15) is 18.4 Å². The molecule has 8 heteroatoms. The number of hydrogen-bond acceptors (Lipinski definition) is 4. The number of nitrogens with one attached hydrogen (secondary N) is 1. The van der Waals surface area contributed by atoms with Gasteiger partial charge in [0.1, 0.15) is 11.6 Å². The fourth-order valence-corrected chi connectivity index (χ4v) is 3.83. The first-order valence-corrected chi connectivity index (χ1v) is 10.1. The summed E-state index contributed by atoms with van der Waals surface area (Å²) < 4.78 is 28.7. The molecular weight excluding hydrogens is 396 g/mol. The molecule has 0 spiro atoms. The lowest BCUT2D eigenvalue weighted by Crippen LogP contribution is -2.28. The summed E-state index contributed by atoms with van der Waals surface area (Å²) in [6.45, 7) is 5.50. The number of halogens is 2. The van der Waals surface area contributed by atoms with Gasteiger partial charge in [-0.15, -0.1) is 0 Å². The third-order valence-electron chi connectivity index (χ3n) is 4.64. The molecule has 0 saturated heterocycles. The Morgan fingerprint density at radius 3 is 2.66 bits per heavy atom. The van der Waals surface area contributed by atoms with Gasteiger partial charge in [-0.05, 0) is 44.5 Å². The van der Waals surface area contributed by atoms with Crippen molar-refractivity contribution in [3.63, 3.8) is 0 Å². The molecule has 3 aromatic rings. The van der Waals surface area contributed by atoms with Crippen molar-refractivity contribution in [2.24, 2.45) is 0 Å².